The van der Waals surface area contributed by atoms with Crippen molar-refractivity contribution in [2.75, 3.05) is 11.9 Å². The normalized spacial score (nSPS) is 13.6. The van der Waals surface area contributed by atoms with Crippen LogP contribution in [-0.2, 0) is 12.1 Å². The Bertz CT molecular complexity index is 1060. The lowest BCUT2D eigenvalue weighted by Crippen LogP contribution is -2.39. The van der Waals surface area contributed by atoms with E-state index in [-0.39, 0.29) is 13.1 Å². The second-order valence-corrected chi connectivity index (χ2v) is 7.23. The quantitative estimate of drug-likeness (QED) is 0.455. The van der Waals surface area contributed by atoms with Crippen LogP contribution in [0.5, 0.6) is 0 Å². The van der Waals surface area contributed by atoms with Gasteiger partial charge >= 0.3 is 0 Å². The molecular weight excluding hydrogens is 385 g/mol. The topological polar surface area (TPSA) is 78.8 Å². The Labute approximate surface area is 165 Å². The van der Waals surface area contributed by atoms with E-state index in [1.54, 1.807) is 29.2 Å². The smallest absolute Gasteiger partial charge is 0.137 e. The molecule has 0 saturated carbocycles. The van der Waals surface area contributed by atoms with Crippen LogP contribution in [0.2, 0.25) is 10.0 Å². The minimum absolute atomic E-state index is 0.188. The van der Waals surface area contributed by atoms with Crippen LogP contribution in [-0.4, -0.2) is 31.4 Å². The van der Waals surface area contributed by atoms with Crippen molar-refractivity contribution >= 4 is 39.8 Å². The molecule has 138 valence electrons. The van der Waals surface area contributed by atoms with Gasteiger partial charge in [-0.1, -0.05) is 29.3 Å². The number of benzene rings is 2. The highest BCUT2D eigenvalue weighted by molar-refractivity contribution is 6.35. The van der Waals surface area contributed by atoms with Crippen LogP contribution in [0.4, 0.5) is 5.69 Å². The number of hydrogen-bond acceptors (Lipinski definition) is 4. The first-order valence-electron chi connectivity index (χ1n) is 8.35. The third-order valence-electron chi connectivity index (χ3n) is 4.46. The molecular formula is C19H17Cl2N5O. The van der Waals surface area contributed by atoms with E-state index >= 15 is 0 Å². The maximum atomic E-state index is 11.5. The molecule has 0 unspecified atom stereocenters. The maximum absolute atomic E-state index is 11.5. The number of nitrogens with zero attached hydrogens (tertiary/aromatic N) is 3. The second kappa shape index (κ2) is 7.23. The molecule has 0 aliphatic heterocycles. The predicted molar refractivity (Wildman–Crippen MR) is 107 cm³/mol. The van der Waals surface area contributed by atoms with Crippen LogP contribution < -0.4 is 5.32 Å². The molecule has 0 fully saturated rings. The highest BCUT2D eigenvalue weighted by Crippen LogP contribution is 2.32. The average molecular weight is 402 g/mol. The SMILES string of the molecule is O[C@](CNc1ccc2[nH]ccc2c1)(Cn1cncn1)c1ccc(Cl)cc1Cl. The Kier molecular flexibility index (Phi) is 4.78. The van der Waals surface area contributed by atoms with Crippen LogP contribution in [0, 0.1) is 0 Å². The number of rotatable bonds is 6. The molecule has 0 aliphatic rings. The van der Waals surface area contributed by atoms with E-state index in [9.17, 15) is 5.11 Å². The Morgan fingerprint density at radius 2 is 2.04 bits per heavy atom. The summed E-state index contributed by atoms with van der Waals surface area (Å²) in [5.74, 6) is 0. The molecule has 27 heavy (non-hydrogen) atoms. The Morgan fingerprint density at radius 1 is 1.15 bits per heavy atom. The van der Waals surface area contributed by atoms with E-state index in [1.165, 1.54) is 6.33 Å². The van der Waals surface area contributed by atoms with Gasteiger partial charge in [-0.15, -0.1) is 0 Å². The number of hydrogen-bond donors (Lipinski definition) is 3. The fraction of sp³-hybridized carbons (Fsp3) is 0.158. The van der Waals surface area contributed by atoms with E-state index in [0.717, 1.165) is 16.6 Å². The summed E-state index contributed by atoms with van der Waals surface area (Å²) < 4.78 is 1.57. The zero-order chi connectivity index (χ0) is 18.9. The lowest BCUT2D eigenvalue weighted by Gasteiger charge is -2.30. The van der Waals surface area contributed by atoms with Crippen molar-refractivity contribution in [3.05, 3.63) is 76.9 Å². The first-order chi connectivity index (χ1) is 13.0. The van der Waals surface area contributed by atoms with Crippen LogP contribution in [0.3, 0.4) is 0 Å². The number of aromatic amines is 1. The minimum atomic E-state index is -1.32. The van der Waals surface area contributed by atoms with Gasteiger partial charge in [0.15, 0.2) is 0 Å². The minimum Gasteiger partial charge on any atom is -0.382 e. The molecule has 0 amide bonds. The van der Waals surface area contributed by atoms with E-state index < -0.39 is 5.60 Å². The van der Waals surface area contributed by atoms with Crippen LogP contribution in [0.25, 0.3) is 10.9 Å². The second-order valence-electron chi connectivity index (χ2n) is 6.38. The van der Waals surface area contributed by atoms with Gasteiger partial charge in [0.2, 0.25) is 0 Å². The van der Waals surface area contributed by atoms with Crippen molar-refractivity contribution < 1.29 is 5.11 Å². The van der Waals surface area contributed by atoms with Crippen molar-refractivity contribution in [2.45, 2.75) is 12.1 Å². The van der Waals surface area contributed by atoms with Crippen LogP contribution in [0.1, 0.15) is 5.56 Å². The Hall–Kier alpha value is -2.54. The number of fused-ring (bicyclic) bond motifs is 1. The first kappa shape index (κ1) is 17.9. The fourth-order valence-corrected chi connectivity index (χ4v) is 3.68. The maximum Gasteiger partial charge on any atom is 0.137 e. The Morgan fingerprint density at radius 3 is 2.81 bits per heavy atom. The summed E-state index contributed by atoms with van der Waals surface area (Å²) in [5.41, 5.74) is 1.20. The lowest BCUT2D eigenvalue weighted by molar-refractivity contribution is 0.0283. The zero-order valence-electron chi connectivity index (χ0n) is 14.2. The monoisotopic (exact) mass is 401 g/mol. The summed E-state index contributed by atoms with van der Waals surface area (Å²) in [6.07, 6.45) is 4.88. The highest BCUT2D eigenvalue weighted by Gasteiger charge is 2.32. The number of aromatic nitrogens is 4. The van der Waals surface area contributed by atoms with E-state index in [1.807, 2.05) is 30.5 Å². The molecule has 4 aromatic rings. The molecule has 2 heterocycles. The molecule has 0 spiro atoms. The molecule has 0 saturated heterocycles. The summed E-state index contributed by atoms with van der Waals surface area (Å²) >= 11 is 12.4. The molecule has 4 rings (SSSR count). The number of anilines is 1. The largest absolute Gasteiger partial charge is 0.382 e. The standard InChI is InChI=1S/C19H17Cl2N5O/c20-14-1-3-16(17(21)8-14)19(27,10-26-12-22-11-25-26)9-24-15-2-4-18-13(7-15)5-6-23-18/h1-8,11-12,23-24,27H,9-10H2/t19-/m1/s1. The van der Waals surface area contributed by atoms with Gasteiger partial charge in [0.05, 0.1) is 6.54 Å². The molecule has 2 aromatic carbocycles. The number of halogens is 2. The molecule has 6 nitrogen and oxygen atoms in total. The fourth-order valence-electron chi connectivity index (χ4n) is 3.10. The third-order valence-corrected chi connectivity index (χ3v) is 5.01. The first-order valence-corrected chi connectivity index (χ1v) is 9.10. The average Bonchev–Trinajstić information content (AvgIpc) is 3.30. The van der Waals surface area contributed by atoms with Crippen LogP contribution >= 0.6 is 23.2 Å². The van der Waals surface area contributed by atoms with Crippen molar-refractivity contribution in [3.8, 4) is 0 Å². The summed E-state index contributed by atoms with van der Waals surface area (Å²) in [7, 11) is 0. The zero-order valence-corrected chi connectivity index (χ0v) is 15.7. The van der Waals surface area contributed by atoms with E-state index in [4.69, 9.17) is 23.2 Å². The van der Waals surface area contributed by atoms with Crippen molar-refractivity contribution in [3.63, 3.8) is 0 Å². The lowest BCUT2D eigenvalue weighted by atomic mass is 9.93. The third kappa shape index (κ3) is 3.78. The number of H-pyrrole nitrogens is 1. The molecule has 8 heteroatoms. The summed E-state index contributed by atoms with van der Waals surface area (Å²) in [4.78, 5) is 7.11. The van der Waals surface area contributed by atoms with Crippen molar-refractivity contribution in [1.82, 2.24) is 19.7 Å². The van der Waals surface area contributed by atoms with Gasteiger partial charge in [0.25, 0.3) is 0 Å². The number of aliphatic hydroxyl groups is 1. The predicted octanol–water partition coefficient (Wildman–Crippen LogP) is 4.07. The van der Waals surface area contributed by atoms with Gasteiger partial charge in [0, 0.05) is 44.9 Å². The summed E-state index contributed by atoms with van der Waals surface area (Å²) in [6.45, 7) is 0.415. The van der Waals surface area contributed by atoms with Crippen LogP contribution in [0.15, 0.2) is 61.3 Å². The molecule has 1 atom stereocenters. The summed E-state index contributed by atoms with van der Waals surface area (Å²) in [5, 5.41) is 20.9. The van der Waals surface area contributed by atoms with Gasteiger partial charge in [-0.05, 0) is 36.4 Å². The molecule has 0 bridgehead atoms. The molecule has 2 aromatic heterocycles. The highest BCUT2D eigenvalue weighted by atomic mass is 35.5. The Balaban J connectivity index is 1.64. The van der Waals surface area contributed by atoms with Crippen molar-refractivity contribution in [1.29, 1.82) is 0 Å². The number of nitrogens with one attached hydrogen (secondary N) is 2. The summed E-state index contributed by atoms with van der Waals surface area (Å²) in [6, 6.07) is 13.0. The van der Waals surface area contributed by atoms with Gasteiger partial charge in [0.1, 0.15) is 18.3 Å². The van der Waals surface area contributed by atoms with Gasteiger partial charge in [-0.3, -0.25) is 0 Å². The van der Waals surface area contributed by atoms with E-state index in [0.29, 0.717) is 15.6 Å². The molecule has 0 radical (unpaired) electrons. The molecule has 0 aliphatic carbocycles. The van der Waals surface area contributed by atoms with Gasteiger partial charge in [-0.25, -0.2) is 9.67 Å². The van der Waals surface area contributed by atoms with Crippen molar-refractivity contribution in [2.24, 2.45) is 0 Å². The van der Waals surface area contributed by atoms with Gasteiger partial charge < -0.3 is 15.4 Å². The van der Waals surface area contributed by atoms with Gasteiger partial charge in [-0.2, -0.15) is 5.10 Å². The molecule has 3 N–H and O–H groups in total. The van der Waals surface area contributed by atoms with E-state index in [2.05, 4.69) is 20.4 Å².